The standard InChI is InChI=1S/C63H46N2/c1-63(2)57-26-11-6-23-53(57)54-40-35-47(42-58(54)63)44-33-38-50(39-34-44)64(59-27-12-7-21-51(59)45-17-4-3-5-18-45)49-36-31-43(32-37-49)46-19-16-20-48(41-46)52-22-8-13-28-60(52)65-61-29-14-9-24-55(61)56-25-10-15-30-62(56)65/h3-42H,1-2H3. The lowest BCUT2D eigenvalue weighted by Gasteiger charge is -2.28. The third-order valence-electron chi connectivity index (χ3n) is 13.6. The van der Waals surface area contributed by atoms with E-state index in [0.717, 1.165) is 17.1 Å². The molecule has 0 bridgehead atoms. The fourth-order valence-electron chi connectivity index (χ4n) is 10.4. The van der Waals surface area contributed by atoms with E-state index in [1.54, 1.807) is 0 Å². The average Bonchev–Trinajstić information content (AvgIpc) is 3.83. The Labute approximate surface area is 381 Å². The van der Waals surface area contributed by atoms with E-state index in [1.807, 2.05) is 0 Å². The van der Waals surface area contributed by atoms with Crippen molar-refractivity contribution in [2.45, 2.75) is 19.3 Å². The maximum Gasteiger partial charge on any atom is 0.0541 e. The van der Waals surface area contributed by atoms with Crippen LogP contribution in [-0.4, -0.2) is 4.57 Å². The van der Waals surface area contributed by atoms with Gasteiger partial charge in [-0.1, -0.05) is 196 Å². The lowest BCUT2D eigenvalue weighted by molar-refractivity contribution is 0.660. The monoisotopic (exact) mass is 830 g/mol. The highest BCUT2D eigenvalue weighted by Crippen LogP contribution is 2.50. The SMILES string of the molecule is CC1(C)c2ccccc2-c2ccc(-c3ccc(N(c4ccc(-c5cccc(-c6ccccc6-n6c7ccccc7c7ccccc76)c5)cc4)c4ccccc4-c4ccccc4)cc3)cc21. The van der Waals surface area contributed by atoms with Crippen molar-refractivity contribution in [3.63, 3.8) is 0 Å². The highest BCUT2D eigenvalue weighted by Gasteiger charge is 2.35. The van der Waals surface area contributed by atoms with E-state index in [-0.39, 0.29) is 5.41 Å². The van der Waals surface area contributed by atoms with E-state index in [2.05, 4.69) is 266 Å². The molecule has 2 heteroatoms. The first-order valence-corrected chi connectivity index (χ1v) is 22.6. The minimum atomic E-state index is -0.0503. The number of hydrogen-bond donors (Lipinski definition) is 0. The first-order chi connectivity index (χ1) is 32.0. The molecule has 0 unspecified atom stereocenters. The van der Waals surface area contributed by atoms with Gasteiger partial charge in [-0.05, 0) is 116 Å². The molecule has 2 nitrogen and oxygen atoms in total. The highest BCUT2D eigenvalue weighted by atomic mass is 15.1. The molecule has 11 aromatic rings. The van der Waals surface area contributed by atoms with Crippen LogP contribution in [0.5, 0.6) is 0 Å². The van der Waals surface area contributed by atoms with Crippen molar-refractivity contribution < 1.29 is 0 Å². The zero-order chi connectivity index (χ0) is 43.5. The second kappa shape index (κ2) is 15.6. The number of para-hydroxylation sites is 4. The number of benzene rings is 10. The predicted molar refractivity (Wildman–Crippen MR) is 275 cm³/mol. The Balaban J connectivity index is 0.918. The molecule has 0 radical (unpaired) electrons. The molecule has 0 saturated carbocycles. The number of nitrogens with zero attached hydrogens (tertiary/aromatic N) is 2. The van der Waals surface area contributed by atoms with E-state index in [1.165, 1.54) is 94.3 Å². The molecule has 0 fully saturated rings. The van der Waals surface area contributed by atoms with Crippen LogP contribution < -0.4 is 4.90 Å². The molecule has 0 spiro atoms. The summed E-state index contributed by atoms with van der Waals surface area (Å²) < 4.78 is 2.42. The Morgan fingerprint density at radius 3 is 1.51 bits per heavy atom. The van der Waals surface area contributed by atoms with Crippen molar-refractivity contribution in [2.75, 3.05) is 4.90 Å². The summed E-state index contributed by atoms with van der Waals surface area (Å²) in [4.78, 5) is 2.40. The summed E-state index contributed by atoms with van der Waals surface area (Å²) in [6, 6.07) is 88.7. The zero-order valence-electron chi connectivity index (χ0n) is 36.5. The molecule has 65 heavy (non-hydrogen) atoms. The minimum Gasteiger partial charge on any atom is -0.310 e. The summed E-state index contributed by atoms with van der Waals surface area (Å²) in [5, 5.41) is 2.52. The highest BCUT2D eigenvalue weighted by molar-refractivity contribution is 6.09. The van der Waals surface area contributed by atoms with Crippen molar-refractivity contribution in [2.24, 2.45) is 0 Å². The summed E-state index contributed by atoms with van der Waals surface area (Å²) >= 11 is 0. The predicted octanol–water partition coefficient (Wildman–Crippen LogP) is 17.2. The van der Waals surface area contributed by atoms with E-state index < -0.39 is 0 Å². The minimum absolute atomic E-state index is 0.0503. The van der Waals surface area contributed by atoms with Gasteiger partial charge >= 0.3 is 0 Å². The van der Waals surface area contributed by atoms with Crippen LogP contribution in [0.2, 0.25) is 0 Å². The molecular formula is C63H46N2. The largest absolute Gasteiger partial charge is 0.310 e. The smallest absolute Gasteiger partial charge is 0.0541 e. The third-order valence-corrected chi connectivity index (χ3v) is 13.6. The van der Waals surface area contributed by atoms with Crippen molar-refractivity contribution in [1.82, 2.24) is 4.57 Å². The molecular weight excluding hydrogens is 785 g/mol. The third kappa shape index (κ3) is 6.49. The Kier molecular flexibility index (Phi) is 9.21. The van der Waals surface area contributed by atoms with Crippen LogP contribution in [0.3, 0.4) is 0 Å². The molecule has 1 heterocycles. The van der Waals surface area contributed by atoms with Crippen LogP contribution >= 0.6 is 0 Å². The van der Waals surface area contributed by atoms with Crippen LogP contribution in [0.4, 0.5) is 17.1 Å². The maximum absolute atomic E-state index is 2.42. The molecule has 12 rings (SSSR count). The van der Waals surface area contributed by atoms with Gasteiger partial charge in [0.2, 0.25) is 0 Å². The lowest BCUT2D eigenvalue weighted by atomic mass is 9.81. The van der Waals surface area contributed by atoms with Gasteiger partial charge in [-0.25, -0.2) is 0 Å². The zero-order valence-corrected chi connectivity index (χ0v) is 36.5. The summed E-state index contributed by atoms with van der Waals surface area (Å²) in [6.45, 7) is 4.70. The van der Waals surface area contributed by atoms with E-state index in [0.29, 0.717) is 0 Å². The van der Waals surface area contributed by atoms with Crippen LogP contribution in [0.25, 0.3) is 83.1 Å². The quantitative estimate of drug-likeness (QED) is 0.148. The summed E-state index contributed by atoms with van der Waals surface area (Å²) in [5.41, 5.74) is 21.8. The molecule has 0 atom stereocenters. The van der Waals surface area contributed by atoms with Gasteiger partial charge in [0.25, 0.3) is 0 Å². The second-order valence-electron chi connectivity index (χ2n) is 17.7. The van der Waals surface area contributed by atoms with Gasteiger partial charge in [0.15, 0.2) is 0 Å². The van der Waals surface area contributed by atoms with Gasteiger partial charge in [-0.2, -0.15) is 0 Å². The van der Waals surface area contributed by atoms with Gasteiger partial charge in [0.1, 0.15) is 0 Å². The lowest BCUT2D eigenvalue weighted by Crippen LogP contribution is -2.14. The van der Waals surface area contributed by atoms with Gasteiger partial charge in [-0.15, -0.1) is 0 Å². The Hall–Kier alpha value is -8.20. The normalized spacial score (nSPS) is 12.6. The molecule has 1 aliphatic carbocycles. The molecule has 1 aliphatic rings. The van der Waals surface area contributed by atoms with Gasteiger partial charge in [0, 0.05) is 38.7 Å². The first-order valence-electron chi connectivity index (χ1n) is 22.6. The first kappa shape index (κ1) is 38.5. The number of fused-ring (bicyclic) bond motifs is 6. The van der Waals surface area contributed by atoms with Crippen LogP contribution in [-0.2, 0) is 5.41 Å². The summed E-state index contributed by atoms with van der Waals surface area (Å²) in [5.74, 6) is 0. The topological polar surface area (TPSA) is 8.17 Å². The second-order valence-corrected chi connectivity index (χ2v) is 17.7. The number of hydrogen-bond acceptors (Lipinski definition) is 1. The molecule has 308 valence electrons. The maximum atomic E-state index is 2.42. The molecule has 0 N–H and O–H groups in total. The number of rotatable bonds is 8. The van der Waals surface area contributed by atoms with E-state index >= 15 is 0 Å². The van der Waals surface area contributed by atoms with E-state index in [4.69, 9.17) is 0 Å². The van der Waals surface area contributed by atoms with Crippen LogP contribution in [0, 0.1) is 0 Å². The van der Waals surface area contributed by atoms with Crippen molar-refractivity contribution in [1.29, 1.82) is 0 Å². The fourth-order valence-corrected chi connectivity index (χ4v) is 10.4. The Bertz CT molecular complexity index is 3500. The average molecular weight is 831 g/mol. The molecule has 0 saturated heterocycles. The number of anilines is 3. The van der Waals surface area contributed by atoms with Crippen LogP contribution in [0.1, 0.15) is 25.0 Å². The van der Waals surface area contributed by atoms with Gasteiger partial charge in [-0.3, -0.25) is 0 Å². The molecule has 0 amide bonds. The van der Waals surface area contributed by atoms with E-state index in [9.17, 15) is 0 Å². The summed E-state index contributed by atoms with van der Waals surface area (Å²) in [7, 11) is 0. The van der Waals surface area contributed by atoms with Crippen molar-refractivity contribution in [3.05, 3.63) is 254 Å². The number of aromatic nitrogens is 1. The van der Waals surface area contributed by atoms with Crippen LogP contribution in [0.15, 0.2) is 243 Å². The van der Waals surface area contributed by atoms with Gasteiger partial charge in [0.05, 0.1) is 22.4 Å². The van der Waals surface area contributed by atoms with Gasteiger partial charge < -0.3 is 9.47 Å². The Morgan fingerprint density at radius 1 is 0.323 bits per heavy atom. The van der Waals surface area contributed by atoms with Crippen molar-refractivity contribution >= 4 is 38.9 Å². The summed E-state index contributed by atoms with van der Waals surface area (Å²) in [6.07, 6.45) is 0. The fraction of sp³-hybridized carbons (Fsp3) is 0.0476. The molecule has 1 aromatic heterocycles. The molecule has 10 aromatic carbocycles. The van der Waals surface area contributed by atoms with Crippen molar-refractivity contribution in [3.8, 4) is 61.3 Å². The molecule has 0 aliphatic heterocycles. The Morgan fingerprint density at radius 2 is 0.815 bits per heavy atom.